The fourth-order valence-corrected chi connectivity index (χ4v) is 3.86. The Morgan fingerprint density at radius 1 is 1.15 bits per heavy atom. The van der Waals surface area contributed by atoms with Gasteiger partial charge in [0.2, 0.25) is 5.82 Å². The van der Waals surface area contributed by atoms with Crippen LogP contribution in [0.2, 0.25) is 10.0 Å². The monoisotopic (exact) mass is 483 g/mol. The number of aliphatic imine (C=N–C) groups is 1. The van der Waals surface area contributed by atoms with Crippen LogP contribution in [0.4, 0.5) is 17.3 Å². The zero-order valence-corrected chi connectivity index (χ0v) is 18.8. The predicted octanol–water partition coefficient (Wildman–Crippen LogP) is 5.09. The molecule has 168 valence electrons. The number of hydrogen-bond donors (Lipinski definition) is 2. The SMILES string of the molecule is Nc1nc(NCCCc2ncc(C3=NC=CC3)c(-c3ccc(Cl)cc3Cl)n2)ccc1[N+](=O)[O-]. The second kappa shape index (κ2) is 9.93. The molecular weight excluding hydrogens is 465 g/mol. The van der Waals surface area contributed by atoms with Gasteiger partial charge in [0, 0.05) is 54.0 Å². The molecule has 1 aliphatic rings. The van der Waals surface area contributed by atoms with Crippen molar-refractivity contribution in [3.63, 3.8) is 0 Å². The first-order valence-corrected chi connectivity index (χ1v) is 10.9. The molecule has 0 radical (unpaired) electrons. The van der Waals surface area contributed by atoms with Gasteiger partial charge in [-0.15, -0.1) is 0 Å². The number of nitrogen functional groups attached to an aromatic ring is 1. The van der Waals surface area contributed by atoms with Crippen molar-refractivity contribution in [1.82, 2.24) is 15.0 Å². The van der Waals surface area contributed by atoms with E-state index in [0.717, 1.165) is 16.8 Å². The number of aryl methyl sites for hydroxylation is 1. The summed E-state index contributed by atoms with van der Waals surface area (Å²) in [5.74, 6) is 0.997. The summed E-state index contributed by atoms with van der Waals surface area (Å²) >= 11 is 12.5. The minimum atomic E-state index is -0.565. The van der Waals surface area contributed by atoms with Crippen LogP contribution in [0, 0.1) is 10.1 Å². The van der Waals surface area contributed by atoms with Gasteiger partial charge in [-0.1, -0.05) is 29.3 Å². The van der Waals surface area contributed by atoms with Crippen molar-refractivity contribution >= 4 is 46.2 Å². The van der Waals surface area contributed by atoms with Gasteiger partial charge in [0.25, 0.3) is 0 Å². The van der Waals surface area contributed by atoms with E-state index in [1.807, 2.05) is 12.1 Å². The topological polar surface area (TPSA) is 132 Å². The second-order valence-electron chi connectivity index (χ2n) is 7.23. The highest BCUT2D eigenvalue weighted by Gasteiger charge is 2.18. The molecule has 33 heavy (non-hydrogen) atoms. The van der Waals surface area contributed by atoms with E-state index in [2.05, 4.69) is 20.3 Å². The van der Waals surface area contributed by atoms with Crippen molar-refractivity contribution in [2.75, 3.05) is 17.6 Å². The number of benzene rings is 1. The standard InChI is InChI=1S/C22H19Cl2N7O2/c23-13-5-6-14(16(24)11-13)21-15(17-3-1-9-26-17)12-28-19(29-21)4-2-10-27-20-8-7-18(31(32)33)22(25)30-20/h1,5-9,11-12H,2-4,10H2,(H3,25,27,30). The molecule has 0 unspecified atom stereocenters. The number of halogens is 2. The Kier molecular flexibility index (Phi) is 6.81. The minimum absolute atomic E-state index is 0.127. The zero-order chi connectivity index (χ0) is 23.4. The molecule has 11 heteroatoms. The Morgan fingerprint density at radius 3 is 2.70 bits per heavy atom. The molecule has 9 nitrogen and oxygen atoms in total. The Balaban J connectivity index is 1.48. The number of nitrogens with two attached hydrogens (primary N) is 1. The first-order valence-electron chi connectivity index (χ1n) is 10.1. The lowest BCUT2D eigenvalue weighted by atomic mass is 10.0. The van der Waals surface area contributed by atoms with Gasteiger partial charge in [0.1, 0.15) is 11.6 Å². The van der Waals surface area contributed by atoms with Crippen molar-refractivity contribution in [3.05, 3.63) is 80.4 Å². The number of anilines is 2. The molecule has 0 atom stereocenters. The van der Waals surface area contributed by atoms with Crippen molar-refractivity contribution in [1.29, 1.82) is 0 Å². The third-order valence-electron chi connectivity index (χ3n) is 4.97. The van der Waals surface area contributed by atoms with E-state index in [9.17, 15) is 10.1 Å². The number of pyridine rings is 1. The summed E-state index contributed by atoms with van der Waals surface area (Å²) in [5.41, 5.74) is 8.60. The summed E-state index contributed by atoms with van der Waals surface area (Å²) in [7, 11) is 0. The van der Waals surface area contributed by atoms with E-state index in [-0.39, 0.29) is 11.5 Å². The minimum Gasteiger partial charge on any atom is -0.378 e. The van der Waals surface area contributed by atoms with Gasteiger partial charge < -0.3 is 11.1 Å². The summed E-state index contributed by atoms with van der Waals surface area (Å²) in [4.78, 5) is 28.0. The summed E-state index contributed by atoms with van der Waals surface area (Å²) in [6.07, 6.45) is 7.52. The van der Waals surface area contributed by atoms with Crippen LogP contribution in [0.5, 0.6) is 0 Å². The number of aromatic nitrogens is 3. The number of hydrogen-bond acceptors (Lipinski definition) is 8. The molecule has 2 aromatic heterocycles. The molecular formula is C22H19Cl2N7O2. The third-order valence-corrected chi connectivity index (χ3v) is 5.51. The lowest BCUT2D eigenvalue weighted by Crippen LogP contribution is -2.10. The van der Waals surface area contributed by atoms with E-state index in [1.165, 1.54) is 12.1 Å². The summed E-state index contributed by atoms with van der Waals surface area (Å²) < 4.78 is 0. The van der Waals surface area contributed by atoms with Gasteiger partial charge in [-0.2, -0.15) is 0 Å². The molecule has 0 fully saturated rings. The number of nitrogens with zero attached hydrogens (tertiary/aromatic N) is 5. The highest BCUT2D eigenvalue weighted by molar-refractivity contribution is 6.36. The van der Waals surface area contributed by atoms with Crippen LogP contribution < -0.4 is 11.1 Å². The van der Waals surface area contributed by atoms with Crippen LogP contribution in [-0.4, -0.2) is 32.1 Å². The van der Waals surface area contributed by atoms with E-state index in [0.29, 0.717) is 53.2 Å². The Labute approximate surface area is 199 Å². The van der Waals surface area contributed by atoms with Gasteiger partial charge in [0.05, 0.1) is 21.4 Å². The van der Waals surface area contributed by atoms with Gasteiger partial charge >= 0.3 is 5.69 Å². The highest BCUT2D eigenvalue weighted by Crippen LogP contribution is 2.32. The van der Waals surface area contributed by atoms with Crippen molar-refractivity contribution in [3.8, 4) is 11.3 Å². The lowest BCUT2D eigenvalue weighted by molar-refractivity contribution is -0.384. The van der Waals surface area contributed by atoms with E-state index < -0.39 is 4.92 Å². The lowest BCUT2D eigenvalue weighted by Gasteiger charge is -2.12. The first kappa shape index (κ1) is 22.6. The highest BCUT2D eigenvalue weighted by atomic mass is 35.5. The van der Waals surface area contributed by atoms with Gasteiger partial charge in [-0.25, -0.2) is 15.0 Å². The van der Waals surface area contributed by atoms with E-state index in [4.69, 9.17) is 33.9 Å². The van der Waals surface area contributed by atoms with Crippen LogP contribution in [0.3, 0.4) is 0 Å². The normalized spacial score (nSPS) is 12.6. The van der Waals surface area contributed by atoms with Crippen LogP contribution in [0.1, 0.15) is 24.2 Å². The van der Waals surface area contributed by atoms with E-state index >= 15 is 0 Å². The molecule has 3 heterocycles. The number of nitrogens with one attached hydrogen (secondary N) is 1. The maximum atomic E-state index is 10.9. The number of nitro groups is 1. The predicted molar refractivity (Wildman–Crippen MR) is 130 cm³/mol. The molecule has 4 rings (SSSR count). The van der Waals surface area contributed by atoms with Crippen molar-refractivity contribution < 1.29 is 4.92 Å². The maximum Gasteiger partial charge on any atom is 0.311 e. The molecule has 0 aliphatic carbocycles. The maximum absolute atomic E-state index is 10.9. The van der Waals surface area contributed by atoms with Gasteiger partial charge in [-0.3, -0.25) is 15.1 Å². The fraction of sp³-hybridized carbons (Fsp3) is 0.182. The number of allylic oxidation sites excluding steroid dienone is 1. The van der Waals surface area contributed by atoms with Crippen molar-refractivity contribution in [2.45, 2.75) is 19.3 Å². The van der Waals surface area contributed by atoms with Crippen LogP contribution in [-0.2, 0) is 6.42 Å². The molecule has 3 aromatic rings. The Bertz CT molecular complexity index is 1280. The summed E-state index contributed by atoms with van der Waals surface area (Å²) in [6, 6.07) is 8.16. The average molecular weight is 484 g/mol. The molecule has 0 saturated carbocycles. The molecule has 0 bridgehead atoms. The molecule has 0 saturated heterocycles. The zero-order valence-electron chi connectivity index (χ0n) is 17.3. The average Bonchev–Trinajstić information content (AvgIpc) is 3.31. The van der Waals surface area contributed by atoms with Gasteiger partial charge in [-0.05, 0) is 30.7 Å². The van der Waals surface area contributed by atoms with Crippen LogP contribution in [0.15, 0.2) is 53.8 Å². The first-order chi connectivity index (χ1) is 15.9. The largest absolute Gasteiger partial charge is 0.378 e. The Hall–Kier alpha value is -3.56. The molecule has 1 aromatic carbocycles. The smallest absolute Gasteiger partial charge is 0.311 e. The molecule has 3 N–H and O–H groups in total. The van der Waals surface area contributed by atoms with Crippen molar-refractivity contribution in [2.24, 2.45) is 4.99 Å². The second-order valence-corrected chi connectivity index (χ2v) is 8.07. The number of rotatable bonds is 8. The molecule has 1 aliphatic heterocycles. The van der Waals surface area contributed by atoms with Gasteiger partial charge in [0.15, 0.2) is 0 Å². The third kappa shape index (κ3) is 5.27. The van der Waals surface area contributed by atoms with Crippen LogP contribution in [0.25, 0.3) is 11.3 Å². The summed E-state index contributed by atoms with van der Waals surface area (Å²) in [5, 5.41) is 15.0. The van der Waals surface area contributed by atoms with E-state index in [1.54, 1.807) is 24.5 Å². The summed E-state index contributed by atoms with van der Waals surface area (Å²) in [6.45, 7) is 0.559. The quantitative estimate of drug-likeness (QED) is 0.259. The molecule has 0 amide bonds. The Morgan fingerprint density at radius 2 is 2.00 bits per heavy atom. The fourth-order valence-electron chi connectivity index (χ4n) is 3.36. The van der Waals surface area contributed by atoms with Crippen LogP contribution >= 0.6 is 23.2 Å². The molecule has 0 spiro atoms.